The molecule has 2 N–H and O–H groups in total. The van der Waals surface area contributed by atoms with Crippen molar-refractivity contribution >= 4 is 36.0 Å². The Morgan fingerprint density at radius 3 is 2.61 bits per heavy atom. The van der Waals surface area contributed by atoms with Crippen LogP contribution in [0.4, 0.5) is 0 Å². The molecule has 0 radical (unpaired) electrons. The molecule has 2 amide bonds. The normalized spacial score (nSPS) is 32.5. The van der Waals surface area contributed by atoms with Gasteiger partial charge in [0.2, 0.25) is 11.8 Å². The second-order valence-corrected chi connectivity index (χ2v) is 7.80. The Balaban J connectivity index is 0.00000192. The molecule has 23 heavy (non-hydrogen) atoms. The molecule has 3 aliphatic heterocycles. The lowest BCUT2D eigenvalue weighted by Crippen LogP contribution is -2.53. The molecule has 3 heterocycles. The number of nitrogens with zero attached hydrogens (tertiary/aromatic N) is 1. The van der Waals surface area contributed by atoms with Gasteiger partial charge in [0, 0.05) is 30.3 Å². The predicted molar refractivity (Wildman–Crippen MR) is 95.8 cm³/mol. The van der Waals surface area contributed by atoms with Crippen LogP contribution in [0.1, 0.15) is 51.9 Å². The molecule has 0 spiro atoms. The van der Waals surface area contributed by atoms with Crippen LogP contribution in [0.5, 0.6) is 0 Å². The Hall–Kier alpha value is -0.460. The van der Waals surface area contributed by atoms with Crippen molar-refractivity contribution in [2.45, 2.75) is 76.0 Å². The molecule has 2 bridgehead atoms. The third-order valence-electron chi connectivity index (χ3n) is 5.07. The lowest BCUT2D eigenvalue weighted by atomic mass is 9.99. The summed E-state index contributed by atoms with van der Waals surface area (Å²) in [7, 11) is 0. The smallest absolute Gasteiger partial charge is 0.243 e. The van der Waals surface area contributed by atoms with Crippen molar-refractivity contribution in [3.05, 3.63) is 0 Å². The fraction of sp³-hybridized carbons (Fsp3) is 0.875. The Morgan fingerprint density at radius 2 is 1.96 bits per heavy atom. The maximum atomic E-state index is 12.6. The zero-order chi connectivity index (χ0) is 15.5. The van der Waals surface area contributed by atoms with Crippen molar-refractivity contribution < 1.29 is 9.59 Å². The van der Waals surface area contributed by atoms with Crippen LogP contribution in [0.2, 0.25) is 0 Å². The fourth-order valence-electron chi connectivity index (χ4n) is 3.85. The van der Waals surface area contributed by atoms with Gasteiger partial charge in [0.05, 0.1) is 5.88 Å². The number of thioether (sulfide) groups is 1. The largest absolute Gasteiger partial charge is 0.351 e. The van der Waals surface area contributed by atoms with E-state index in [-0.39, 0.29) is 36.3 Å². The third kappa shape index (κ3) is 4.54. The van der Waals surface area contributed by atoms with E-state index >= 15 is 0 Å². The molecule has 3 aliphatic rings. The van der Waals surface area contributed by atoms with Crippen LogP contribution in [0.25, 0.3) is 0 Å². The number of unbranched alkanes of at least 4 members (excludes halogenated alkanes) is 1. The molecule has 5 nitrogen and oxygen atoms in total. The van der Waals surface area contributed by atoms with Gasteiger partial charge in [-0.15, -0.1) is 24.2 Å². The molecular weight excluding hydrogens is 334 g/mol. The van der Waals surface area contributed by atoms with E-state index in [0.717, 1.165) is 31.4 Å². The van der Waals surface area contributed by atoms with Gasteiger partial charge in [-0.3, -0.25) is 9.59 Å². The van der Waals surface area contributed by atoms with Crippen LogP contribution in [0.15, 0.2) is 0 Å². The molecule has 3 saturated heterocycles. The molecule has 3 atom stereocenters. The first-order valence-electron chi connectivity index (χ1n) is 8.61. The number of nitrogens with one attached hydrogen (secondary N) is 2. The van der Waals surface area contributed by atoms with E-state index in [4.69, 9.17) is 0 Å². The van der Waals surface area contributed by atoms with Gasteiger partial charge in [-0.2, -0.15) is 0 Å². The van der Waals surface area contributed by atoms with E-state index in [1.54, 1.807) is 16.7 Å². The summed E-state index contributed by atoms with van der Waals surface area (Å²) in [6.07, 6.45) is 7.03. The number of hydrogen-bond acceptors (Lipinski definition) is 4. The highest BCUT2D eigenvalue weighted by Crippen LogP contribution is 2.28. The maximum Gasteiger partial charge on any atom is 0.243 e. The quantitative estimate of drug-likeness (QED) is 0.785. The Labute approximate surface area is 149 Å². The minimum atomic E-state index is -0.262. The van der Waals surface area contributed by atoms with Gasteiger partial charge in [-0.25, -0.2) is 0 Å². The topological polar surface area (TPSA) is 61.4 Å². The minimum absolute atomic E-state index is 0. The number of carbonyl (C=O) groups is 2. The summed E-state index contributed by atoms with van der Waals surface area (Å²) in [5, 5.41) is 6.81. The number of halogens is 1. The average Bonchev–Trinajstić information content (AvgIpc) is 3.11. The molecule has 3 rings (SSSR count). The van der Waals surface area contributed by atoms with Crippen LogP contribution in [-0.2, 0) is 9.59 Å². The molecule has 0 aromatic carbocycles. The monoisotopic (exact) mass is 361 g/mol. The minimum Gasteiger partial charge on any atom is -0.351 e. The second-order valence-electron chi connectivity index (χ2n) is 6.80. The first-order chi connectivity index (χ1) is 10.7. The number of carbonyl (C=O) groups excluding carboxylic acids is 2. The molecule has 0 aromatic rings. The third-order valence-corrected chi connectivity index (χ3v) is 6.08. The van der Waals surface area contributed by atoms with Crippen molar-refractivity contribution in [1.82, 2.24) is 15.5 Å². The van der Waals surface area contributed by atoms with E-state index in [1.165, 1.54) is 12.8 Å². The van der Waals surface area contributed by atoms with Crippen molar-refractivity contribution in [1.29, 1.82) is 0 Å². The Bertz CT molecular complexity index is 426. The number of hydrogen-bond donors (Lipinski definition) is 2. The molecule has 0 aliphatic carbocycles. The van der Waals surface area contributed by atoms with Gasteiger partial charge in [0.15, 0.2) is 0 Å². The fourth-order valence-corrected chi connectivity index (χ4v) is 5.03. The molecule has 0 aromatic heterocycles. The highest BCUT2D eigenvalue weighted by Gasteiger charge is 2.38. The SMILES string of the molecule is CCCCC(=O)N1CSCC1C(=O)NC1CC2CCC(C1)N2.Cl. The zero-order valence-electron chi connectivity index (χ0n) is 13.8. The summed E-state index contributed by atoms with van der Waals surface area (Å²) < 4.78 is 0. The maximum absolute atomic E-state index is 12.6. The number of piperidine rings is 1. The Kier molecular flexibility index (Phi) is 7.04. The summed E-state index contributed by atoms with van der Waals surface area (Å²) in [5.41, 5.74) is 0. The van der Waals surface area contributed by atoms with E-state index in [0.29, 0.717) is 24.4 Å². The summed E-state index contributed by atoms with van der Waals surface area (Å²) in [6.45, 7) is 2.08. The average molecular weight is 362 g/mol. The highest BCUT2D eigenvalue weighted by molar-refractivity contribution is 7.99. The van der Waals surface area contributed by atoms with E-state index in [9.17, 15) is 9.59 Å². The predicted octanol–water partition coefficient (Wildman–Crippen LogP) is 1.90. The molecule has 132 valence electrons. The van der Waals surface area contributed by atoms with Crippen LogP contribution >= 0.6 is 24.2 Å². The van der Waals surface area contributed by atoms with E-state index in [1.807, 2.05) is 0 Å². The summed E-state index contributed by atoms with van der Waals surface area (Å²) in [5.74, 6) is 1.60. The van der Waals surface area contributed by atoms with E-state index in [2.05, 4.69) is 17.6 Å². The van der Waals surface area contributed by atoms with Gasteiger partial charge in [0.1, 0.15) is 6.04 Å². The Morgan fingerprint density at radius 1 is 1.26 bits per heavy atom. The van der Waals surface area contributed by atoms with Crippen molar-refractivity contribution in [2.75, 3.05) is 11.6 Å². The van der Waals surface area contributed by atoms with Crippen molar-refractivity contribution in [2.24, 2.45) is 0 Å². The van der Waals surface area contributed by atoms with Crippen LogP contribution < -0.4 is 10.6 Å². The zero-order valence-corrected chi connectivity index (χ0v) is 15.4. The first kappa shape index (κ1) is 18.9. The molecule has 3 unspecified atom stereocenters. The number of amides is 2. The van der Waals surface area contributed by atoms with Crippen LogP contribution in [0, 0.1) is 0 Å². The van der Waals surface area contributed by atoms with Crippen molar-refractivity contribution in [3.8, 4) is 0 Å². The van der Waals surface area contributed by atoms with Gasteiger partial charge < -0.3 is 15.5 Å². The standard InChI is InChI=1S/C16H27N3O2S.ClH/c1-2-3-4-15(20)19-10-22-9-14(19)16(21)18-13-7-11-5-6-12(8-13)17-11;/h11-14,17H,2-10H2,1H3,(H,18,21);1H. The van der Waals surface area contributed by atoms with Gasteiger partial charge in [0.25, 0.3) is 0 Å². The lowest BCUT2D eigenvalue weighted by molar-refractivity contribution is -0.138. The number of fused-ring (bicyclic) bond motifs is 2. The van der Waals surface area contributed by atoms with E-state index < -0.39 is 0 Å². The van der Waals surface area contributed by atoms with Crippen LogP contribution in [-0.4, -0.2) is 52.5 Å². The first-order valence-corrected chi connectivity index (χ1v) is 9.76. The number of rotatable bonds is 5. The van der Waals surface area contributed by atoms with Gasteiger partial charge >= 0.3 is 0 Å². The van der Waals surface area contributed by atoms with Crippen LogP contribution in [0.3, 0.4) is 0 Å². The summed E-state index contributed by atoms with van der Waals surface area (Å²) >= 11 is 1.69. The molecule has 0 saturated carbocycles. The molecule has 7 heteroatoms. The molecular formula is C16H28ClN3O2S. The molecule has 3 fully saturated rings. The van der Waals surface area contributed by atoms with Gasteiger partial charge in [-0.05, 0) is 32.1 Å². The summed E-state index contributed by atoms with van der Waals surface area (Å²) in [6, 6.07) is 1.17. The van der Waals surface area contributed by atoms with Crippen molar-refractivity contribution in [3.63, 3.8) is 0 Å². The highest BCUT2D eigenvalue weighted by atomic mass is 35.5. The van der Waals surface area contributed by atoms with Gasteiger partial charge in [-0.1, -0.05) is 13.3 Å². The second kappa shape index (κ2) is 8.58. The summed E-state index contributed by atoms with van der Waals surface area (Å²) in [4.78, 5) is 26.6. The lowest BCUT2D eigenvalue weighted by Gasteiger charge is -2.31.